The van der Waals surface area contributed by atoms with Crippen molar-refractivity contribution in [1.29, 1.82) is 0 Å². The molecule has 0 aromatic carbocycles. The predicted molar refractivity (Wildman–Crippen MR) is 69.3 cm³/mol. The molecule has 0 fully saturated rings. The van der Waals surface area contributed by atoms with Crippen molar-refractivity contribution in [1.82, 2.24) is 10.4 Å². The van der Waals surface area contributed by atoms with Gasteiger partial charge in [0.1, 0.15) is 12.0 Å². The fourth-order valence-corrected chi connectivity index (χ4v) is 2.09. The average Bonchev–Trinajstić information content (AvgIpc) is 2.73. The fourth-order valence-electron chi connectivity index (χ4n) is 2.09. The summed E-state index contributed by atoms with van der Waals surface area (Å²) in [4.78, 5) is 4.34. The third kappa shape index (κ3) is 2.29. The zero-order valence-electron chi connectivity index (χ0n) is 11.3. The van der Waals surface area contributed by atoms with Crippen LogP contribution in [0.4, 0.5) is 0 Å². The number of methoxy groups -OCH3 is 1. The summed E-state index contributed by atoms with van der Waals surface area (Å²) in [5.74, 6) is 0.459. The molecule has 0 bridgehead atoms. The molecule has 0 amide bonds. The van der Waals surface area contributed by atoms with Crippen LogP contribution in [0.15, 0.2) is 16.9 Å². The summed E-state index contributed by atoms with van der Waals surface area (Å²) in [5, 5.41) is 11.5. The molecule has 4 atom stereocenters. The maximum atomic E-state index is 9.73. The lowest BCUT2D eigenvalue weighted by Gasteiger charge is -2.38. The van der Waals surface area contributed by atoms with Crippen molar-refractivity contribution in [3.8, 4) is 0 Å². The Hall–Kier alpha value is -0.950. The second-order valence-electron chi connectivity index (χ2n) is 5.84. The number of aliphatic imine (C=N–C) groups is 1. The fraction of sp³-hybridized carbons (Fsp3) is 0.750. The summed E-state index contributed by atoms with van der Waals surface area (Å²) in [7, 11) is 1.45. The van der Waals surface area contributed by atoms with Crippen molar-refractivity contribution in [2.75, 3.05) is 7.11 Å². The molecule has 6 nitrogen and oxygen atoms in total. The van der Waals surface area contributed by atoms with Crippen LogP contribution in [0, 0.1) is 11.3 Å². The summed E-state index contributed by atoms with van der Waals surface area (Å²) >= 11 is 0. The first-order valence-electron chi connectivity index (χ1n) is 6.12. The van der Waals surface area contributed by atoms with Crippen molar-refractivity contribution in [3.63, 3.8) is 0 Å². The van der Waals surface area contributed by atoms with Gasteiger partial charge in [0.25, 0.3) is 0 Å². The van der Waals surface area contributed by atoms with Crippen LogP contribution < -0.4 is 11.2 Å². The minimum atomic E-state index is -0.944. The number of hydrogen-bond donors (Lipinski definition) is 3. The normalized spacial score (nSPS) is 33.3. The smallest absolute Gasteiger partial charge is 0.165 e. The molecule has 2 heterocycles. The summed E-state index contributed by atoms with van der Waals surface area (Å²) in [6, 6.07) is 0.175. The van der Waals surface area contributed by atoms with Gasteiger partial charge in [-0.15, -0.1) is 0 Å². The third-order valence-electron chi connectivity index (χ3n) is 3.42. The monoisotopic (exact) mass is 254 g/mol. The van der Waals surface area contributed by atoms with Gasteiger partial charge in [0.15, 0.2) is 6.29 Å². The number of nitrogens with one attached hydrogen (secondary N) is 1. The van der Waals surface area contributed by atoms with Gasteiger partial charge in [0, 0.05) is 13.3 Å². The molecule has 0 saturated carbocycles. The number of aliphatic hydroxyl groups is 1. The van der Waals surface area contributed by atoms with Crippen molar-refractivity contribution in [2.45, 2.75) is 39.3 Å². The van der Waals surface area contributed by atoms with E-state index in [0.717, 1.165) is 5.82 Å². The summed E-state index contributed by atoms with van der Waals surface area (Å²) in [6.07, 6.45) is 2.39. The molecule has 4 N–H and O–H groups in total. The number of ether oxygens (including phenoxy) is 1. The molecule has 0 saturated heterocycles. The van der Waals surface area contributed by atoms with Crippen molar-refractivity contribution < 1.29 is 9.84 Å². The maximum Gasteiger partial charge on any atom is 0.165 e. The zero-order chi connectivity index (χ0) is 13.5. The summed E-state index contributed by atoms with van der Waals surface area (Å²) in [5.41, 5.74) is 9.54. The number of nitrogens with two attached hydrogens (primary N) is 1. The molecule has 102 valence electrons. The predicted octanol–water partition coefficient (Wildman–Crippen LogP) is 0.0129. The molecule has 0 spiro atoms. The van der Waals surface area contributed by atoms with Crippen LogP contribution in [0.25, 0.3) is 0 Å². The lowest BCUT2D eigenvalue weighted by Crippen LogP contribution is -2.58. The minimum absolute atomic E-state index is 0.0783. The van der Waals surface area contributed by atoms with Gasteiger partial charge in [-0.05, 0) is 11.5 Å². The standard InChI is InChI=1S/C12H22N4O2/c1-12(2,3)8-5-9-14-6-7(11(17)18-4)10(13)16(9)15-8/h5-8,10-11,15,17H,13H2,1-4H3. The van der Waals surface area contributed by atoms with Crippen LogP contribution >= 0.6 is 0 Å². The molecule has 6 heteroatoms. The number of hydrazine groups is 1. The molecule has 0 aliphatic carbocycles. The number of nitrogens with zero attached hydrogens (tertiary/aromatic N) is 2. The Morgan fingerprint density at radius 2 is 2.22 bits per heavy atom. The molecular weight excluding hydrogens is 232 g/mol. The highest BCUT2D eigenvalue weighted by Gasteiger charge is 2.40. The summed E-state index contributed by atoms with van der Waals surface area (Å²) < 4.78 is 4.91. The van der Waals surface area contributed by atoms with Gasteiger partial charge in [-0.2, -0.15) is 0 Å². The van der Waals surface area contributed by atoms with Gasteiger partial charge in [-0.3, -0.25) is 5.01 Å². The number of fused-ring (bicyclic) bond motifs is 1. The molecule has 2 rings (SSSR count). The van der Waals surface area contributed by atoms with Gasteiger partial charge in [0.05, 0.1) is 12.0 Å². The Balaban J connectivity index is 2.17. The van der Waals surface area contributed by atoms with Gasteiger partial charge in [-0.1, -0.05) is 20.8 Å². The third-order valence-corrected chi connectivity index (χ3v) is 3.42. The van der Waals surface area contributed by atoms with E-state index in [1.807, 2.05) is 5.01 Å². The van der Waals surface area contributed by atoms with Gasteiger partial charge < -0.3 is 15.6 Å². The van der Waals surface area contributed by atoms with Crippen LogP contribution in [0.3, 0.4) is 0 Å². The maximum absolute atomic E-state index is 9.73. The molecule has 0 radical (unpaired) electrons. The highest BCUT2D eigenvalue weighted by molar-refractivity contribution is 5.65. The van der Waals surface area contributed by atoms with E-state index in [1.54, 1.807) is 6.21 Å². The van der Waals surface area contributed by atoms with E-state index in [4.69, 9.17) is 10.5 Å². The van der Waals surface area contributed by atoms with Crippen LogP contribution in [0.2, 0.25) is 0 Å². The second kappa shape index (κ2) is 4.62. The molecule has 2 aliphatic heterocycles. The van der Waals surface area contributed by atoms with Crippen molar-refractivity contribution in [2.24, 2.45) is 22.1 Å². The Morgan fingerprint density at radius 1 is 1.56 bits per heavy atom. The quantitative estimate of drug-likeness (QED) is 0.605. The van der Waals surface area contributed by atoms with E-state index in [9.17, 15) is 5.11 Å². The topological polar surface area (TPSA) is 83.1 Å². The lowest BCUT2D eigenvalue weighted by atomic mass is 9.87. The Bertz CT molecular complexity index is 375. The van der Waals surface area contributed by atoms with Crippen LogP contribution in [-0.2, 0) is 4.74 Å². The zero-order valence-corrected chi connectivity index (χ0v) is 11.3. The number of aliphatic hydroxyl groups excluding tert-OH is 1. The Labute approximate surface area is 107 Å². The highest BCUT2D eigenvalue weighted by Crippen LogP contribution is 2.31. The van der Waals surface area contributed by atoms with Gasteiger partial charge in [-0.25, -0.2) is 10.4 Å². The molecule has 0 aromatic rings. The van der Waals surface area contributed by atoms with Crippen LogP contribution in [-0.4, -0.2) is 41.9 Å². The average molecular weight is 254 g/mol. The van der Waals surface area contributed by atoms with Crippen LogP contribution in [0.5, 0.6) is 0 Å². The van der Waals surface area contributed by atoms with Crippen molar-refractivity contribution >= 4 is 6.21 Å². The van der Waals surface area contributed by atoms with E-state index in [0.29, 0.717) is 0 Å². The molecular formula is C12H22N4O2. The molecule has 18 heavy (non-hydrogen) atoms. The number of hydrogen-bond acceptors (Lipinski definition) is 6. The SMILES string of the molecule is COC(O)C1C=NC2=CC(C(C)(C)C)NN2C1N. The summed E-state index contributed by atoms with van der Waals surface area (Å²) in [6.45, 7) is 6.45. The first kappa shape index (κ1) is 13.5. The molecule has 4 unspecified atom stereocenters. The molecule has 0 aromatic heterocycles. The van der Waals surface area contributed by atoms with Gasteiger partial charge >= 0.3 is 0 Å². The van der Waals surface area contributed by atoms with E-state index >= 15 is 0 Å². The van der Waals surface area contributed by atoms with Crippen LogP contribution in [0.1, 0.15) is 20.8 Å². The first-order chi connectivity index (χ1) is 8.34. The lowest BCUT2D eigenvalue weighted by molar-refractivity contribution is -0.113. The Morgan fingerprint density at radius 3 is 2.78 bits per heavy atom. The van der Waals surface area contributed by atoms with E-state index in [2.05, 4.69) is 37.3 Å². The van der Waals surface area contributed by atoms with E-state index < -0.39 is 12.5 Å². The van der Waals surface area contributed by atoms with E-state index in [1.165, 1.54) is 7.11 Å². The second-order valence-corrected chi connectivity index (χ2v) is 5.84. The van der Waals surface area contributed by atoms with Crippen molar-refractivity contribution in [3.05, 3.63) is 11.9 Å². The Kier molecular flexibility index (Phi) is 3.46. The van der Waals surface area contributed by atoms with E-state index in [-0.39, 0.29) is 17.4 Å². The van der Waals surface area contributed by atoms with Gasteiger partial charge in [0.2, 0.25) is 0 Å². The highest BCUT2D eigenvalue weighted by atomic mass is 16.6. The largest absolute Gasteiger partial charge is 0.367 e. The molecule has 2 aliphatic rings. The minimum Gasteiger partial charge on any atom is -0.367 e. The first-order valence-corrected chi connectivity index (χ1v) is 6.12. The number of rotatable bonds is 2.